The number of esters is 3. The standard InChI is InChI=1S/C69H134O6/c1-6-9-10-11-12-13-14-15-16-19-23-29-34-39-44-49-54-59-67(70)73-62-66(63-74-68(71)60-55-50-45-40-35-30-26-25-28-33-38-43-48-53-58-65(5)8-3)75-69(72)61-56-51-46-41-36-31-24-21-18-17-20-22-27-32-37-42-47-52-57-64(4)7-2/h64-66H,6-63H2,1-5H3/t64?,65?,66-/m0/s1. The number of carbonyl (C=O) groups is 3. The van der Waals surface area contributed by atoms with Crippen LogP contribution in [0.2, 0.25) is 0 Å². The van der Waals surface area contributed by atoms with E-state index >= 15 is 0 Å². The van der Waals surface area contributed by atoms with E-state index in [9.17, 15) is 14.4 Å². The minimum absolute atomic E-state index is 0.0613. The fourth-order valence-electron chi connectivity index (χ4n) is 10.8. The topological polar surface area (TPSA) is 78.9 Å². The average molecular weight is 1060 g/mol. The number of unbranched alkanes of at least 4 members (excludes halogenated alkanes) is 46. The molecule has 446 valence electrons. The van der Waals surface area contributed by atoms with Crippen molar-refractivity contribution in [3.05, 3.63) is 0 Å². The summed E-state index contributed by atoms with van der Waals surface area (Å²) in [7, 11) is 0. The summed E-state index contributed by atoms with van der Waals surface area (Å²) in [5.74, 6) is 0.979. The molecule has 75 heavy (non-hydrogen) atoms. The lowest BCUT2D eigenvalue weighted by molar-refractivity contribution is -0.167. The molecule has 0 saturated heterocycles. The van der Waals surface area contributed by atoms with Gasteiger partial charge in [-0.1, -0.05) is 356 Å². The molecule has 0 saturated carbocycles. The van der Waals surface area contributed by atoms with Crippen LogP contribution in [-0.2, 0) is 28.6 Å². The van der Waals surface area contributed by atoms with Crippen LogP contribution in [0.1, 0.15) is 394 Å². The number of hydrogen-bond donors (Lipinski definition) is 0. The first-order chi connectivity index (χ1) is 36.8. The lowest BCUT2D eigenvalue weighted by atomic mass is 9.99. The van der Waals surface area contributed by atoms with E-state index in [0.717, 1.165) is 69.6 Å². The van der Waals surface area contributed by atoms with Gasteiger partial charge in [-0.05, 0) is 31.1 Å². The number of carbonyl (C=O) groups excluding carboxylic acids is 3. The summed E-state index contributed by atoms with van der Waals surface area (Å²) in [4.78, 5) is 38.4. The fourth-order valence-corrected chi connectivity index (χ4v) is 10.8. The Bertz CT molecular complexity index is 1160. The average Bonchev–Trinajstić information content (AvgIpc) is 3.41. The van der Waals surface area contributed by atoms with Crippen LogP contribution in [0.25, 0.3) is 0 Å². The second-order valence-corrected chi connectivity index (χ2v) is 24.3. The van der Waals surface area contributed by atoms with Crippen molar-refractivity contribution in [3.63, 3.8) is 0 Å². The highest BCUT2D eigenvalue weighted by Gasteiger charge is 2.20. The molecular formula is C69H134O6. The minimum Gasteiger partial charge on any atom is -0.462 e. The Balaban J connectivity index is 4.28. The molecule has 0 rings (SSSR count). The van der Waals surface area contributed by atoms with Crippen LogP contribution in [0.15, 0.2) is 0 Å². The summed E-state index contributed by atoms with van der Waals surface area (Å²) in [5, 5.41) is 0. The largest absolute Gasteiger partial charge is 0.462 e. The third-order valence-electron chi connectivity index (χ3n) is 16.7. The van der Waals surface area contributed by atoms with Gasteiger partial charge in [0.25, 0.3) is 0 Å². The van der Waals surface area contributed by atoms with Gasteiger partial charge in [0, 0.05) is 19.3 Å². The van der Waals surface area contributed by atoms with Crippen molar-refractivity contribution in [1.29, 1.82) is 0 Å². The second-order valence-electron chi connectivity index (χ2n) is 24.3. The summed E-state index contributed by atoms with van der Waals surface area (Å²) in [5.41, 5.74) is 0. The first-order valence-corrected chi connectivity index (χ1v) is 34.3. The maximum Gasteiger partial charge on any atom is 0.306 e. The Hall–Kier alpha value is -1.59. The first kappa shape index (κ1) is 73.4. The van der Waals surface area contributed by atoms with Crippen molar-refractivity contribution in [2.45, 2.75) is 400 Å². The van der Waals surface area contributed by atoms with Crippen LogP contribution < -0.4 is 0 Å². The molecule has 0 N–H and O–H groups in total. The van der Waals surface area contributed by atoms with Gasteiger partial charge in [0.15, 0.2) is 6.10 Å². The van der Waals surface area contributed by atoms with Gasteiger partial charge < -0.3 is 14.2 Å². The SMILES string of the molecule is CCCCCCCCCCCCCCCCCCCC(=O)OC[C@@H](COC(=O)CCCCCCCCCCCCCCCCC(C)CC)OC(=O)CCCCCCCCCCCCCCCCCCCCC(C)CC. The van der Waals surface area contributed by atoms with Crippen molar-refractivity contribution in [3.8, 4) is 0 Å². The molecule has 0 heterocycles. The molecule has 0 aliphatic carbocycles. The molecule has 2 unspecified atom stereocenters. The zero-order valence-corrected chi connectivity index (χ0v) is 51.7. The molecule has 0 amide bonds. The van der Waals surface area contributed by atoms with E-state index in [2.05, 4.69) is 34.6 Å². The van der Waals surface area contributed by atoms with Gasteiger partial charge >= 0.3 is 17.9 Å². The molecule has 0 fully saturated rings. The summed E-state index contributed by atoms with van der Waals surface area (Å²) in [6.45, 7) is 11.5. The van der Waals surface area contributed by atoms with E-state index in [1.165, 1.54) is 283 Å². The summed E-state index contributed by atoms with van der Waals surface area (Å²) >= 11 is 0. The van der Waals surface area contributed by atoms with Crippen molar-refractivity contribution in [2.24, 2.45) is 11.8 Å². The monoisotopic (exact) mass is 1060 g/mol. The second kappa shape index (κ2) is 61.6. The minimum atomic E-state index is -0.764. The molecule has 0 radical (unpaired) electrons. The summed E-state index contributed by atoms with van der Waals surface area (Å²) in [6, 6.07) is 0. The zero-order valence-electron chi connectivity index (χ0n) is 51.7. The predicted octanol–water partition coefficient (Wildman–Crippen LogP) is 23.2. The molecule has 0 spiro atoms. The van der Waals surface area contributed by atoms with Crippen LogP contribution in [-0.4, -0.2) is 37.2 Å². The quantitative estimate of drug-likeness (QED) is 0.0343. The van der Waals surface area contributed by atoms with Gasteiger partial charge in [0.1, 0.15) is 13.2 Å². The zero-order chi connectivity index (χ0) is 54.6. The number of hydrogen-bond acceptors (Lipinski definition) is 6. The van der Waals surface area contributed by atoms with Gasteiger partial charge in [0.05, 0.1) is 0 Å². The van der Waals surface area contributed by atoms with Crippen molar-refractivity contribution in [2.75, 3.05) is 13.2 Å². The Morgan fingerprint density at radius 1 is 0.267 bits per heavy atom. The molecule has 0 aliphatic heterocycles. The molecule has 6 heteroatoms. The Morgan fingerprint density at radius 2 is 0.467 bits per heavy atom. The van der Waals surface area contributed by atoms with Gasteiger partial charge in [-0.25, -0.2) is 0 Å². The van der Waals surface area contributed by atoms with E-state index in [4.69, 9.17) is 14.2 Å². The number of ether oxygens (including phenoxy) is 3. The lowest BCUT2D eigenvalue weighted by Gasteiger charge is -2.18. The normalized spacial score (nSPS) is 12.8. The molecular weight excluding hydrogens is 925 g/mol. The van der Waals surface area contributed by atoms with E-state index in [1.807, 2.05) is 0 Å². The predicted molar refractivity (Wildman–Crippen MR) is 326 cm³/mol. The third-order valence-corrected chi connectivity index (χ3v) is 16.7. The molecule has 0 aromatic heterocycles. The summed E-state index contributed by atoms with van der Waals surface area (Å²) in [6.07, 6.45) is 69.5. The lowest BCUT2D eigenvalue weighted by Crippen LogP contribution is -2.30. The molecule has 3 atom stereocenters. The van der Waals surface area contributed by atoms with E-state index in [0.29, 0.717) is 19.3 Å². The van der Waals surface area contributed by atoms with Gasteiger partial charge in [0.2, 0.25) is 0 Å². The van der Waals surface area contributed by atoms with Gasteiger partial charge in [-0.2, -0.15) is 0 Å². The van der Waals surface area contributed by atoms with Gasteiger partial charge in [-0.3, -0.25) is 14.4 Å². The molecule has 0 aliphatic rings. The summed E-state index contributed by atoms with van der Waals surface area (Å²) < 4.78 is 17.0. The van der Waals surface area contributed by atoms with E-state index < -0.39 is 6.10 Å². The highest BCUT2D eigenvalue weighted by Crippen LogP contribution is 2.20. The molecule has 6 nitrogen and oxygen atoms in total. The first-order valence-electron chi connectivity index (χ1n) is 34.3. The highest BCUT2D eigenvalue weighted by molar-refractivity contribution is 5.71. The van der Waals surface area contributed by atoms with Crippen LogP contribution in [0, 0.1) is 11.8 Å². The molecule has 0 aromatic carbocycles. The van der Waals surface area contributed by atoms with Crippen LogP contribution in [0.4, 0.5) is 0 Å². The maximum atomic E-state index is 12.9. The smallest absolute Gasteiger partial charge is 0.306 e. The van der Waals surface area contributed by atoms with Crippen LogP contribution in [0.5, 0.6) is 0 Å². The maximum absolute atomic E-state index is 12.9. The van der Waals surface area contributed by atoms with Crippen molar-refractivity contribution in [1.82, 2.24) is 0 Å². The fraction of sp³-hybridized carbons (Fsp3) is 0.957. The highest BCUT2D eigenvalue weighted by atomic mass is 16.6. The van der Waals surface area contributed by atoms with Crippen molar-refractivity contribution < 1.29 is 28.6 Å². The molecule has 0 bridgehead atoms. The van der Waals surface area contributed by atoms with Gasteiger partial charge in [-0.15, -0.1) is 0 Å². The number of rotatable bonds is 63. The Morgan fingerprint density at radius 3 is 0.693 bits per heavy atom. The van der Waals surface area contributed by atoms with Crippen molar-refractivity contribution >= 4 is 17.9 Å². The van der Waals surface area contributed by atoms with E-state index in [-0.39, 0.29) is 31.1 Å². The Kier molecular flexibility index (Phi) is 60.3. The van der Waals surface area contributed by atoms with Crippen LogP contribution >= 0.6 is 0 Å². The third kappa shape index (κ3) is 59.9. The Labute approximate surface area is 469 Å². The van der Waals surface area contributed by atoms with Crippen LogP contribution in [0.3, 0.4) is 0 Å². The molecule has 0 aromatic rings. The van der Waals surface area contributed by atoms with E-state index in [1.54, 1.807) is 0 Å².